The largest absolute Gasteiger partial charge is 0.368 e. The predicted molar refractivity (Wildman–Crippen MR) is 71.2 cm³/mol. The van der Waals surface area contributed by atoms with Crippen molar-refractivity contribution in [3.63, 3.8) is 0 Å². The van der Waals surface area contributed by atoms with Crippen molar-refractivity contribution >= 4 is 15.9 Å². The molecule has 0 saturated carbocycles. The molecule has 0 aromatic carbocycles. The van der Waals surface area contributed by atoms with Gasteiger partial charge in [0.25, 0.3) is 0 Å². The summed E-state index contributed by atoms with van der Waals surface area (Å²) in [6.45, 7) is 3.30. The molecular formula is C12H22N2O4S. The van der Waals surface area contributed by atoms with Gasteiger partial charge in [0.15, 0.2) is 0 Å². The van der Waals surface area contributed by atoms with Crippen LogP contribution in [0.1, 0.15) is 32.6 Å². The second-order valence-electron chi connectivity index (χ2n) is 5.08. The molecule has 19 heavy (non-hydrogen) atoms. The molecule has 0 radical (unpaired) electrons. The van der Waals surface area contributed by atoms with E-state index in [1.54, 1.807) is 6.92 Å². The van der Waals surface area contributed by atoms with Gasteiger partial charge in [0.2, 0.25) is 15.9 Å². The van der Waals surface area contributed by atoms with Crippen molar-refractivity contribution in [1.29, 1.82) is 0 Å². The molecule has 2 rings (SSSR count). The van der Waals surface area contributed by atoms with E-state index < -0.39 is 10.0 Å². The zero-order valence-corrected chi connectivity index (χ0v) is 12.1. The number of carbonyl (C=O) groups excluding carboxylic acids is 1. The first-order chi connectivity index (χ1) is 9.03. The molecule has 2 saturated heterocycles. The number of hydrogen-bond donors (Lipinski definition) is 1. The van der Waals surface area contributed by atoms with Crippen LogP contribution in [0.5, 0.6) is 0 Å². The van der Waals surface area contributed by atoms with Crippen molar-refractivity contribution in [3.8, 4) is 0 Å². The van der Waals surface area contributed by atoms with Gasteiger partial charge in [-0.15, -0.1) is 0 Å². The number of amides is 1. The molecule has 0 aromatic heterocycles. The molecule has 1 amide bonds. The Morgan fingerprint density at radius 3 is 2.53 bits per heavy atom. The van der Waals surface area contributed by atoms with E-state index in [1.165, 1.54) is 4.31 Å². The maximum Gasteiger partial charge on any atom is 0.249 e. The van der Waals surface area contributed by atoms with E-state index in [1.807, 2.05) is 0 Å². The lowest BCUT2D eigenvalue weighted by atomic mass is 10.1. The molecule has 110 valence electrons. The van der Waals surface area contributed by atoms with Gasteiger partial charge in [0.1, 0.15) is 6.10 Å². The fourth-order valence-corrected chi connectivity index (χ4v) is 3.67. The van der Waals surface area contributed by atoms with Crippen LogP contribution in [0, 0.1) is 0 Å². The molecule has 2 aliphatic rings. The third-order valence-electron chi connectivity index (χ3n) is 3.78. The minimum atomic E-state index is -3.09. The zero-order valence-electron chi connectivity index (χ0n) is 11.3. The van der Waals surface area contributed by atoms with Gasteiger partial charge in [0.05, 0.1) is 5.75 Å². The summed E-state index contributed by atoms with van der Waals surface area (Å²) in [7, 11) is -3.09. The molecule has 0 spiro atoms. The summed E-state index contributed by atoms with van der Waals surface area (Å²) in [6.07, 6.45) is 2.77. The summed E-state index contributed by atoms with van der Waals surface area (Å²) in [6, 6.07) is 0.0695. The Balaban J connectivity index is 1.78. The van der Waals surface area contributed by atoms with Crippen LogP contribution < -0.4 is 5.32 Å². The summed E-state index contributed by atoms with van der Waals surface area (Å²) in [5.41, 5.74) is 0. The van der Waals surface area contributed by atoms with Crippen LogP contribution in [0.4, 0.5) is 0 Å². The molecule has 2 heterocycles. The van der Waals surface area contributed by atoms with Crippen LogP contribution in [-0.4, -0.2) is 56.2 Å². The Morgan fingerprint density at radius 2 is 2.00 bits per heavy atom. The van der Waals surface area contributed by atoms with Gasteiger partial charge in [-0.05, 0) is 32.6 Å². The van der Waals surface area contributed by atoms with Crippen LogP contribution in [0.2, 0.25) is 0 Å². The maximum absolute atomic E-state index is 11.9. The minimum absolute atomic E-state index is 0.0469. The lowest BCUT2D eigenvalue weighted by Crippen LogP contribution is -2.48. The summed E-state index contributed by atoms with van der Waals surface area (Å²) in [5.74, 6) is 0.0919. The Morgan fingerprint density at radius 1 is 1.32 bits per heavy atom. The molecule has 7 heteroatoms. The van der Waals surface area contributed by atoms with Crippen molar-refractivity contribution < 1.29 is 17.9 Å². The first kappa shape index (κ1) is 14.7. The average molecular weight is 290 g/mol. The van der Waals surface area contributed by atoms with Crippen molar-refractivity contribution in [2.45, 2.75) is 44.8 Å². The molecule has 0 unspecified atom stereocenters. The monoisotopic (exact) mass is 290 g/mol. The van der Waals surface area contributed by atoms with E-state index in [-0.39, 0.29) is 23.8 Å². The van der Waals surface area contributed by atoms with Gasteiger partial charge >= 0.3 is 0 Å². The molecule has 0 aromatic rings. The molecule has 1 N–H and O–H groups in total. The Kier molecular flexibility index (Phi) is 4.81. The van der Waals surface area contributed by atoms with Crippen LogP contribution in [0.25, 0.3) is 0 Å². The zero-order chi connectivity index (χ0) is 13.9. The Bertz CT molecular complexity index is 409. The Hall–Kier alpha value is -0.660. The highest BCUT2D eigenvalue weighted by molar-refractivity contribution is 7.89. The van der Waals surface area contributed by atoms with Gasteiger partial charge in [-0.25, -0.2) is 12.7 Å². The van der Waals surface area contributed by atoms with E-state index in [9.17, 15) is 13.2 Å². The van der Waals surface area contributed by atoms with Gasteiger partial charge in [0, 0.05) is 25.7 Å². The van der Waals surface area contributed by atoms with Crippen LogP contribution in [0.3, 0.4) is 0 Å². The third kappa shape index (κ3) is 3.67. The third-order valence-corrected chi connectivity index (χ3v) is 5.66. The van der Waals surface area contributed by atoms with Crippen molar-refractivity contribution in [3.05, 3.63) is 0 Å². The van der Waals surface area contributed by atoms with E-state index in [2.05, 4.69) is 5.32 Å². The van der Waals surface area contributed by atoms with E-state index in [4.69, 9.17) is 4.74 Å². The van der Waals surface area contributed by atoms with E-state index in [0.29, 0.717) is 32.5 Å². The van der Waals surface area contributed by atoms with Gasteiger partial charge in [-0.1, -0.05) is 0 Å². The number of piperidine rings is 1. The number of hydrogen-bond acceptors (Lipinski definition) is 4. The van der Waals surface area contributed by atoms with Crippen LogP contribution in [0.15, 0.2) is 0 Å². The number of ether oxygens (including phenoxy) is 1. The minimum Gasteiger partial charge on any atom is -0.368 e. The smallest absolute Gasteiger partial charge is 0.249 e. The second-order valence-corrected chi connectivity index (χ2v) is 7.34. The summed E-state index contributed by atoms with van der Waals surface area (Å²) in [5, 5.41) is 2.97. The topological polar surface area (TPSA) is 75.7 Å². The van der Waals surface area contributed by atoms with Crippen molar-refractivity contribution in [2.75, 3.05) is 25.4 Å². The Labute approximate surface area is 114 Å². The standard InChI is InChI=1S/C12H22N2O4S/c1-2-19(16,17)14-7-5-10(6-8-14)13-12(15)11-4-3-9-18-11/h10-11H,2-9H2,1H3,(H,13,15)/t11-/m0/s1. The fraction of sp³-hybridized carbons (Fsp3) is 0.917. The van der Waals surface area contributed by atoms with Crippen LogP contribution in [-0.2, 0) is 19.6 Å². The van der Waals surface area contributed by atoms with Gasteiger partial charge in [-0.3, -0.25) is 4.79 Å². The molecule has 1 atom stereocenters. The quantitative estimate of drug-likeness (QED) is 0.796. The number of rotatable bonds is 4. The summed E-state index contributed by atoms with van der Waals surface area (Å²) >= 11 is 0. The van der Waals surface area contributed by atoms with Crippen molar-refractivity contribution in [2.24, 2.45) is 0 Å². The summed E-state index contributed by atoms with van der Waals surface area (Å²) < 4.78 is 30.3. The normalized spacial score (nSPS) is 26.5. The van der Waals surface area contributed by atoms with Crippen LogP contribution >= 0.6 is 0 Å². The first-order valence-electron chi connectivity index (χ1n) is 6.92. The highest BCUT2D eigenvalue weighted by Gasteiger charge is 2.30. The SMILES string of the molecule is CCS(=O)(=O)N1CCC(NC(=O)[C@@H]2CCCO2)CC1. The molecule has 0 aliphatic carbocycles. The number of nitrogens with zero attached hydrogens (tertiary/aromatic N) is 1. The first-order valence-corrected chi connectivity index (χ1v) is 8.53. The molecule has 2 fully saturated rings. The number of sulfonamides is 1. The predicted octanol–water partition coefficient (Wildman–Crippen LogP) is 0.0957. The van der Waals surface area contributed by atoms with Crippen molar-refractivity contribution in [1.82, 2.24) is 9.62 Å². The molecular weight excluding hydrogens is 268 g/mol. The maximum atomic E-state index is 11.9. The highest BCUT2D eigenvalue weighted by Crippen LogP contribution is 2.16. The fourth-order valence-electron chi connectivity index (χ4n) is 2.54. The molecule has 2 aliphatic heterocycles. The number of carbonyl (C=O) groups is 1. The average Bonchev–Trinajstić information content (AvgIpc) is 2.93. The highest BCUT2D eigenvalue weighted by atomic mass is 32.2. The second kappa shape index (κ2) is 6.19. The van der Waals surface area contributed by atoms with E-state index >= 15 is 0 Å². The molecule has 0 bridgehead atoms. The molecule has 6 nitrogen and oxygen atoms in total. The lowest BCUT2D eigenvalue weighted by Gasteiger charge is -2.31. The number of nitrogens with one attached hydrogen (secondary N) is 1. The van der Waals surface area contributed by atoms with Gasteiger partial charge in [-0.2, -0.15) is 0 Å². The lowest BCUT2D eigenvalue weighted by molar-refractivity contribution is -0.131. The van der Waals surface area contributed by atoms with Gasteiger partial charge < -0.3 is 10.1 Å². The van der Waals surface area contributed by atoms with E-state index in [0.717, 1.165) is 12.8 Å². The summed E-state index contributed by atoms with van der Waals surface area (Å²) in [4.78, 5) is 11.9.